The molecule has 0 saturated carbocycles. The number of halogens is 1. The van der Waals surface area contributed by atoms with Gasteiger partial charge in [0.2, 0.25) is 0 Å². The molecule has 0 bridgehead atoms. The van der Waals surface area contributed by atoms with Crippen LogP contribution in [0.4, 0.5) is 0 Å². The van der Waals surface area contributed by atoms with Crippen LogP contribution in [0.1, 0.15) is 28.7 Å². The number of fused-ring (bicyclic) bond motifs is 1. The molecule has 5 heteroatoms. The molecule has 1 unspecified atom stereocenters. The summed E-state index contributed by atoms with van der Waals surface area (Å²) in [4.78, 5) is 10.5. The van der Waals surface area contributed by atoms with Gasteiger partial charge in [0.15, 0.2) is 5.65 Å². The van der Waals surface area contributed by atoms with Crippen LogP contribution in [-0.4, -0.2) is 14.5 Å². The molecular formula is C14H14ClN3S. The van der Waals surface area contributed by atoms with Crippen molar-refractivity contribution in [2.45, 2.75) is 25.8 Å². The van der Waals surface area contributed by atoms with Gasteiger partial charge in [-0.2, -0.15) is 0 Å². The Hall–Kier alpha value is -1.39. The van der Waals surface area contributed by atoms with Gasteiger partial charge in [0.25, 0.3) is 0 Å². The van der Waals surface area contributed by atoms with E-state index < -0.39 is 0 Å². The van der Waals surface area contributed by atoms with Gasteiger partial charge >= 0.3 is 0 Å². The van der Waals surface area contributed by atoms with E-state index in [9.17, 15) is 0 Å². The van der Waals surface area contributed by atoms with Crippen LogP contribution in [0.15, 0.2) is 29.6 Å². The number of aryl methyl sites for hydroxylation is 1. The van der Waals surface area contributed by atoms with E-state index in [2.05, 4.69) is 32.0 Å². The van der Waals surface area contributed by atoms with Gasteiger partial charge in [-0.25, -0.2) is 9.97 Å². The lowest BCUT2D eigenvalue weighted by Gasteiger charge is -2.08. The lowest BCUT2D eigenvalue weighted by Crippen LogP contribution is -2.05. The van der Waals surface area contributed by atoms with E-state index in [1.165, 1.54) is 4.88 Å². The second-order valence-electron chi connectivity index (χ2n) is 4.55. The fourth-order valence-corrected chi connectivity index (χ4v) is 2.99. The summed E-state index contributed by atoms with van der Waals surface area (Å²) in [5.41, 5.74) is 2.81. The molecule has 3 aromatic heterocycles. The van der Waals surface area contributed by atoms with E-state index in [-0.39, 0.29) is 5.38 Å². The van der Waals surface area contributed by atoms with Crippen LogP contribution in [0.5, 0.6) is 0 Å². The second kappa shape index (κ2) is 4.94. The maximum Gasteiger partial charge on any atom is 0.160 e. The highest BCUT2D eigenvalue weighted by Gasteiger charge is 2.16. The second-order valence-corrected chi connectivity index (χ2v) is 6.23. The van der Waals surface area contributed by atoms with Crippen LogP contribution in [0, 0.1) is 6.92 Å². The molecule has 0 amide bonds. The van der Waals surface area contributed by atoms with Crippen LogP contribution < -0.4 is 0 Å². The van der Waals surface area contributed by atoms with E-state index in [0.717, 1.165) is 29.2 Å². The molecule has 3 nitrogen and oxygen atoms in total. The molecule has 0 aromatic carbocycles. The average Bonchev–Trinajstić information content (AvgIpc) is 2.98. The van der Waals surface area contributed by atoms with Crippen molar-refractivity contribution in [3.63, 3.8) is 0 Å². The minimum atomic E-state index is -0.130. The lowest BCUT2D eigenvalue weighted by molar-refractivity contribution is 0.743. The minimum Gasteiger partial charge on any atom is -0.306 e. The molecule has 98 valence electrons. The van der Waals surface area contributed by atoms with Crippen LogP contribution in [0.25, 0.3) is 11.2 Å². The Kier molecular flexibility index (Phi) is 3.29. The van der Waals surface area contributed by atoms with E-state index in [1.807, 2.05) is 26.0 Å². The molecule has 0 aliphatic carbocycles. The summed E-state index contributed by atoms with van der Waals surface area (Å²) in [6.45, 7) is 4.71. The smallest absolute Gasteiger partial charge is 0.160 e. The highest BCUT2D eigenvalue weighted by molar-refractivity contribution is 7.09. The number of alkyl halides is 1. The topological polar surface area (TPSA) is 30.7 Å². The molecule has 0 aliphatic heterocycles. The maximum atomic E-state index is 6.25. The van der Waals surface area contributed by atoms with E-state index >= 15 is 0 Å². The van der Waals surface area contributed by atoms with Crippen molar-refractivity contribution < 1.29 is 0 Å². The highest BCUT2D eigenvalue weighted by atomic mass is 35.5. The van der Waals surface area contributed by atoms with E-state index in [4.69, 9.17) is 11.6 Å². The summed E-state index contributed by atoms with van der Waals surface area (Å²) >= 11 is 7.99. The van der Waals surface area contributed by atoms with Gasteiger partial charge in [-0.05, 0) is 37.4 Å². The number of thiophene rings is 1. The van der Waals surface area contributed by atoms with Crippen LogP contribution in [0.3, 0.4) is 0 Å². The van der Waals surface area contributed by atoms with Gasteiger partial charge in [0.05, 0.1) is 11.9 Å². The number of hydrogen-bond donors (Lipinski definition) is 0. The van der Waals surface area contributed by atoms with Crippen molar-refractivity contribution in [2.75, 3.05) is 0 Å². The predicted octanol–water partition coefficient (Wildman–Crippen LogP) is 4.15. The molecule has 19 heavy (non-hydrogen) atoms. The molecule has 3 rings (SSSR count). The Morgan fingerprint density at radius 1 is 1.32 bits per heavy atom. The Bertz CT molecular complexity index is 701. The van der Waals surface area contributed by atoms with Gasteiger partial charge in [0, 0.05) is 10.6 Å². The van der Waals surface area contributed by atoms with Crippen molar-refractivity contribution in [3.05, 3.63) is 46.0 Å². The summed E-state index contributed by atoms with van der Waals surface area (Å²) < 4.78 is 2.12. The van der Waals surface area contributed by atoms with Gasteiger partial charge in [0.1, 0.15) is 11.3 Å². The molecule has 0 fully saturated rings. The van der Waals surface area contributed by atoms with E-state index in [1.54, 1.807) is 11.3 Å². The van der Waals surface area contributed by atoms with Crippen molar-refractivity contribution in [3.8, 4) is 0 Å². The monoisotopic (exact) mass is 291 g/mol. The first-order valence-corrected chi connectivity index (χ1v) is 7.47. The van der Waals surface area contributed by atoms with Gasteiger partial charge < -0.3 is 4.57 Å². The van der Waals surface area contributed by atoms with Gasteiger partial charge in [-0.1, -0.05) is 6.07 Å². The third-order valence-corrected chi connectivity index (χ3v) is 4.07. The van der Waals surface area contributed by atoms with Crippen molar-refractivity contribution in [1.82, 2.24) is 14.5 Å². The van der Waals surface area contributed by atoms with Gasteiger partial charge in [-0.15, -0.1) is 22.9 Å². The maximum absolute atomic E-state index is 6.25. The van der Waals surface area contributed by atoms with Crippen molar-refractivity contribution in [2.24, 2.45) is 0 Å². The quantitative estimate of drug-likeness (QED) is 0.679. The number of rotatable bonds is 3. The number of aromatic nitrogens is 3. The summed E-state index contributed by atoms with van der Waals surface area (Å²) in [5.74, 6) is 0.878. The SMILES string of the molecule is Cc1ccc2nc(C(C)Cl)n(Cc3cccs3)c2n1. The highest BCUT2D eigenvalue weighted by Crippen LogP contribution is 2.25. The fourth-order valence-electron chi connectivity index (χ4n) is 2.13. The third kappa shape index (κ3) is 2.38. The first-order chi connectivity index (χ1) is 9.15. The summed E-state index contributed by atoms with van der Waals surface area (Å²) in [6.07, 6.45) is 0. The third-order valence-electron chi connectivity index (χ3n) is 3.01. The van der Waals surface area contributed by atoms with Crippen LogP contribution >= 0.6 is 22.9 Å². The molecule has 0 spiro atoms. The zero-order valence-corrected chi connectivity index (χ0v) is 12.4. The Morgan fingerprint density at radius 2 is 2.16 bits per heavy atom. The number of pyridine rings is 1. The largest absolute Gasteiger partial charge is 0.306 e. The fraction of sp³-hybridized carbons (Fsp3) is 0.286. The molecule has 1 atom stereocenters. The molecule has 0 saturated heterocycles. The standard InChI is InChI=1S/C14H14ClN3S/c1-9-5-6-12-14(16-9)18(13(17-12)10(2)15)8-11-4-3-7-19-11/h3-7,10H,8H2,1-2H3. The van der Waals surface area contributed by atoms with Crippen LogP contribution in [-0.2, 0) is 6.54 Å². The number of imidazole rings is 1. The average molecular weight is 292 g/mol. The normalized spacial score (nSPS) is 13.0. The molecule has 0 radical (unpaired) electrons. The van der Waals surface area contributed by atoms with E-state index in [0.29, 0.717) is 0 Å². The predicted molar refractivity (Wildman–Crippen MR) is 80.0 cm³/mol. The zero-order valence-electron chi connectivity index (χ0n) is 10.8. The molecule has 3 heterocycles. The first-order valence-electron chi connectivity index (χ1n) is 6.15. The first kappa shape index (κ1) is 12.6. The Balaban J connectivity index is 2.18. The Labute approximate surface area is 120 Å². The van der Waals surface area contributed by atoms with Crippen molar-refractivity contribution >= 4 is 34.1 Å². The van der Waals surface area contributed by atoms with Gasteiger partial charge in [-0.3, -0.25) is 0 Å². The van der Waals surface area contributed by atoms with Crippen LogP contribution in [0.2, 0.25) is 0 Å². The zero-order chi connectivity index (χ0) is 13.4. The number of hydrogen-bond acceptors (Lipinski definition) is 3. The molecular weight excluding hydrogens is 278 g/mol. The summed E-state index contributed by atoms with van der Waals surface area (Å²) in [7, 11) is 0. The number of nitrogens with zero attached hydrogens (tertiary/aromatic N) is 3. The molecule has 0 aliphatic rings. The molecule has 0 N–H and O–H groups in total. The minimum absolute atomic E-state index is 0.130. The Morgan fingerprint density at radius 3 is 2.84 bits per heavy atom. The molecule has 3 aromatic rings. The summed E-state index contributed by atoms with van der Waals surface area (Å²) in [6, 6.07) is 8.16. The van der Waals surface area contributed by atoms with Crippen molar-refractivity contribution in [1.29, 1.82) is 0 Å². The lowest BCUT2D eigenvalue weighted by atomic mass is 10.3. The summed E-state index contributed by atoms with van der Waals surface area (Å²) in [5, 5.41) is 1.95.